The number of likely N-dealkylation sites (tertiary alicyclic amines) is 1. The first kappa shape index (κ1) is 16.9. The summed E-state index contributed by atoms with van der Waals surface area (Å²) >= 11 is 0. The zero-order chi connectivity index (χ0) is 17.2. The van der Waals surface area contributed by atoms with E-state index in [0.29, 0.717) is 44.7 Å². The van der Waals surface area contributed by atoms with Crippen LogP contribution in [0, 0.1) is 17.2 Å². The van der Waals surface area contributed by atoms with Crippen molar-refractivity contribution in [3.63, 3.8) is 0 Å². The predicted molar refractivity (Wildman–Crippen MR) is 86.5 cm³/mol. The molecule has 130 valence electrons. The van der Waals surface area contributed by atoms with Crippen molar-refractivity contribution in [2.24, 2.45) is 11.3 Å². The van der Waals surface area contributed by atoms with E-state index >= 15 is 0 Å². The minimum Gasteiger partial charge on any atom is -0.380 e. The van der Waals surface area contributed by atoms with Crippen molar-refractivity contribution < 1.29 is 18.7 Å². The molecule has 2 amide bonds. The first-order valence-electron chi connectivity index (χ1n) is 8.33. The number of hydrogen-bond acceptors (Lipinski definition) is 3. The molecule has 2 saturated heterocycles. The van der Waals surface area contributed by atoms with Gasteiger partial charge in [0.25, 0.3) is 0 Å². The lowest BCUT2D eigenvalue weighted by Gasteiger charge is -2.39. The van der Waals surface area contributed by atoms with Crippen LogP contribution in [0.25, 0.3) is 0 Å². The van der Waals surface area contributed by atoms with E-state index in [1.165, 1.54) is 6.07 Å². The van der Waals surface area contributed by atoms with Gasteiger partial charge in [-0.25, -0.2) is 4.39 Å². The van der Waals surface area contributed by atoms with Crippen LogP contribution in [0.15, 0.2) is 24.3 Å². The van der Waals surface area contributed by atoms with Gasteiger partial charge in [0.15, 0.2) is 0 Å². The fourth-order valence-electron chi connectivity index (χ4n) is 3.11. The van der Waals surface area contributed by atoms with Crippen LogP contribution in [-0.4, -0.2) is 43.0 Å². The van der Waals surface area contributed by atoms with E-state index in [4.69, 9.17) is 4.74 Å². The molecule has 2 aliphatic heterocycles. The normalized spacial score (nSPS) is 22.8. The zero-order valence-electron chi connectivity index (χ0n) is 13.9. The van der Waals surface area contributed by atoms with Crippen LogP contribution in [0.3, 0.4) is 0 Å². The number of rotatable bonds is 5. The molecule has 0 aromatic heterocycles. The van der Waals surface area contributed by atoms with Crippen molar-refractivity contribution in [3.05, 3.63) is 35.6 Å². The number of nitrogens with one attached hydrogen (secondary N) is 1. The van der Waals surface area contributed by atoms with E-state index in [1.54, 1.807) is 23.1 Å². The van der Waals surface area contributed by atoms with E-state index in [-0.39, 0.29) is 35.5 Å². The zero-order valence-corrected chi connectivity index (χ0v) is 13.9. The molecule has 1 atom stereocenters. The van der Waals surface area contributed by atoms with Crippen molar-refractivity contribution in [2.45, 2.75) is 26.3 Å². The highest BCUT2D eigenvalue weighted by molar-refractivity contribution is 5.83. The molecule has 1 unspecified atom stereocenters. The second-order valence-corrected chi connectivity index (χ2v) is 7.12. The highest BCUT2D eigenvalue weighted by Crippen LogP contribution is 2.26. The molecule has 24 heavy (non-hydrogen) atoms. The Morgan fingerprint density at radius 1 is 1.42 bits per heavy atom. The number of carbonyl (C=O) groups is 2. The summed E-state index contributed by atoms with van der Waals surface area (Å²) in [6.07, 6.45) is 0.874. The number of piperidine rings is 1. The van der Waals surface area contributed by atoms with Crippen molar-refractivity contribution >= 4 is 11.8 Å². The van der Waals surface area contributed by atoms with Gasteiger partial charge in [0.2, 0.25) is 11.8 Å². The Morgan fingerprint density at radius 3 is 2.83 bits per heavy atom. The number of hydrogen-bond donors (Lipinski definition) is 1. The number of nitrogens with zero attached hydrogens (tertiary/aromatic N) is 1. The van der Waals surface area contributed by atoms with Gasteiger partial charge in [0.1, 0.15) is 5.82 Å². The summed E-state index contributed by atoms with van der Waals surface area (Å²) in [5.74, 6) is -0.621. The van der Waals surface area contributed by atoms with E-state index < -0.39 is 0 Å². The second-order valence-electron chi connectivity index (χ2n) is 7.12. The molecule has 2 aliphatic rings. The van der Waals surface area contributed by atoms with Gasteiger partial charge in [-0.3, -0.25) is 9.59 Å². The molecular weight excluding hydrogens is 311 g/mol. The number of ether oxygens (including phenoxy) is 1. The van der Waals surface area contributed by atoms with Crippen LogP contribution in [0.5, 0.6) is 0 Å². The molecule has 1 N–H and O–H groups in total. The maximum atomic E-state index is 13.8. The van der Waals surface area contributed by atoms with Crippen molar-refractivity contribution in [3.8, 4) is 0 Å². The van der Waals surface area contributed by atoms with Crippen molar-refractivity contribution in [2.75, 3.05) is 26.3 Å². The van der Waals surface area contributed by atoms with Crippen LogP contribution < -0.4 is 5.32 Å². The van der Waals surface area contributed by atoms with Crippen LogP contribution in [0.4, 0.5) is 4.39 Å². The molecule has 2 fully saturated rings. The number of amides is 2. The standard InChI is InChI=1S/C18H23FN2O3/c1-18(11-24-12-18)10-20-17(23)14-6-7-16(22)21(9-14)8-13-4-2-3-5-15(13)19/h2-5,14H,6-12H2,1H3,(H,20,23). The molecule has 1 aromatic carbocycles. The van der Waals surface area contributed by atoms with Gasteiger partial charge < -0.3 is 15.0 Å². The van der Waals surface area contributed by atoms with Gasteiger partial charge in [-0.2, -0.15) is 0 Å². The maximum absolute atomic E-state index is 13.8. The number of carbonyl (C=O) groups excluding carboxylic acids is 2. The van der Waals surface area contributed by atoms with Crippen LogP contribution in [-0.2, 0) is 20.9 Å². The summed E-state index contributed by atoms with van der Waals surface area (Å²) in [4.78, 5) is 26.1. The first-order valence-corrected chi connectivity index (χ1v) is 8.33. The van der Waals surface area contributed by atoms with Gasteiger partial charge in [-0.15, -0.1) is 0 Å². The van der Waals surface area contributed by atoms with Gasteiger partial charge in [-0.1, -0.05) is 25.1 Å². The van der Waals surface area contributed by atoms with E-state index in [9.17, 15) is 14.0 Å². The fraction of sp³-hybridized carbons (Fsp3) is 0.556. The van der Waals surface area contributed by atoms with Crippen molar-refractivity contribution in [1.29, 1.82) is 0 Å². The quantitative estimate of drug-likeness (QED) is 0.892. The third-order valence-electron chi connectivity index (χ3n) is 4.78. The Labute approximate surface area is 141 Å². The number of halogens is 1. The molecule has 2 heterocycles. The van der Waals surface area contributed by atoms with Crippen LogP contribution >= 0.6 is 0 Å². The van der Waals surface area contributed by atoms with E-state index in [1.807, 2.05) is 0 Å². The van der Waals surface area contributed by atoms with Crippen LogP contribution in [0.1, 0.15) is 25.3 Å². The summed E-state index contributed by atoms with van der Waals surface area (Å²) in [6.45, 7) is 4.54. The second kappa shape index (κ2) is 6.89. The molecule has 1 aromatic rings. The summed E-state index contributed by atoms with van der Waals surface area (Å²) in [6, 6.07) is 6.43. The monoisotopic (exact) mass is 334 g/mol. The Morgan fingerprint density at radius 2 is 2.17 bits per heavy atom. The molecule has 5 nitrogen and oxygen atoms in total. The summed E-state index contributed by atoms with van der Waals surface area (Å²) < 4.78 is 19.0. The lowest BCUT2D eigenvalue weighted by Crippen LogP contribution is -2.51. The number of benzene rings is 1. The molecule has 6 heteroatoms. The van der Waals surface area contributed by atoms with E-state index in [0.717, 1.165) is 0 Å². The van der Waals surface area contributed by atoms with Gasteiger partial charge in [-0.05, 0) is 12.5 Å². The summed E-state index contributed by atoms with van der Waals surface area (Å²) in [5, 5.41) is 2.97. The smallest absolute Gasteiger partial charge is 0.224 e. The fourth-order valence-corrected chi connectivity index (χ4v) is 3.11. The molecule has 0 bridgehead atoms. The first-order chi connectivity index (χ1) is 11.5. The third-order valence-corrected chi connectivity index (χ3v) is 4.78. The Hall–Kier alpha value is -1.95. The van der Waals surface area contributed by atoms with Crippen molar-refractivity contribution in [1.82, 2.24) is 10.2 Å². The highest BCUT2D eigenvalue weighted by atomic mass is 19.1. The molecule has 0 saturated carbocycles. The average molecular weight is 334 g/mol. The highest BCUT2D eigenvalue weighted by Gasteiger charge is 2.35. The summed E-state index contributed by atoms with van der Waals surface area (Å²) in [7, 11) is 0. The molecule has 0 radical (unpaired) electrons. The molecule has 3 rings (SSSR count). The van der Waals surface area contributed by atoms with Gasteiger partial charge in [0, 0.05) is 37.0 Å². The minimum absolute atomic E-state index is 0.0208. The minimum atomic E-state index is -0.324. The van der Waals surface area contributed by atoms with E-state index in [2.05, 4.69) is 12.2 Å². The van der Waals surface area contributed by atoms with Gasteiger partial charge >= 0.3 is 0 Å². The Balaban J connectivity index is 1.57. The van der Waals surface area contributed by atoms with Crippen LogP contribution in [0.2, 0.25) is 0 Å². The predicted octanol–water partition coefficient (Wildman–Crippen LogP) is 1.72. The lowest BCUT2D eigenvalue weighted by atomic mass is 9.88. The SMILES string of the molecule is CC1(CNC(=O)C2CCC(=O)N(Cc3ccccc3F)C2)COC1. The Kier molecular flexibility index (Phi) is 4.85. The molecule has 0 spiro atoms. The van der Waals surface area contributed by atoms with Gasteiger partial charge in [0.05, 0.1) is 19.1 Å². The maximum Gasteiger partial charge on any atom is 0.224 e. The third kappa shape index (κ3) is 3.75. The average Bonchev–Trinajstić information content (AvgIpc) is 2.55. The molecular formula is C18H23FN2O3. The Bertz CT molecular complexity index is 630. The molecule has 0 aliphatic carbocycles. The largest absolute Gasteiger partial charge is 0.380 e. The topological polar surface area (TPSA) is 58.6 Å². The summed E-state index contributed by atoms with van der Waals surface area (Å²) in [5.41, 5.74) is 0.499. The lowest BCUT2D eigenvalue weighted by molar-refractivity contribution is -0.140.